The zero-order valence-electron chi connectivity index (χ0n) is 25.9. The van der Waals surface area contributed by atoms with Gasteiger partial charge in [-0.3, -0.25) is 4.79 Å². The van der Waals surface area contributed by atoms with Gasteiger partial charge >= 0.3 is 12.1 Å². The molecule has 42 heavy (non-hydrogen) atoms. The Kier molecular flexibility index (Phi) is 15.2. The van der Waals surface area contributed by atoms with Crippen molar-refractivity contribution in [2.45, 2.75) is 72.1 Å². The van der Waals surface area contributed by atoms with Gasteiger partial charge in [0.15, 0.2) is 11.5 Å². The molecule has 3 N–H and O–H groups in total. The fourth-order valence-corrected chi connectivity index (χ4v) is 4.88. The minimum Gasteiger partial charge on any atom is -0.493 e. The Hall–Kier alpha value is -3.30. The van der Waals surface area contributed by atoms with Gasteiger partial charge in [0.2, 0.25) is 0 Å². The molecule has 0 saturated carbocycles. The lowest BCUT2D eigenvalue weighted by molar-refractivity contribution is -0.144. The summed E-state index contributed by atoms with van der Waals surface area (Å²) in [5, 5.41) is 23.9. The maximum Gasteiger partial charge on any atom is 0.407 e. The molecule has 1 amide bonds. The van der Waals surface area contributed by atoms with Crippen LogP contribution < -0.4 is 14.8 Å². The van der Waals surface area contributed by atoms with Crippen molar-refractivity contribution in [3.63, 3.8) is 0 Å². The molecule has 2 aromatic rings. The van der Waals surface area contributed by atoms with Crippen LogP contribution in [-0.2, 0) is 27.3 Å². The molecule has 9 nitrogen and oxygen atoms in total. The summed E-state index contributed by atoms with van der Waals surface area (Å²) in [5.74, 6) is -0.347. The molecule has 0 aromatic heterocycles. The Morgan fingerprint density at radius 3 is 2.19 bits per heavy atom. The van der Waals surface area contributed by atoms with E-state index in [0.29, 0.717) is 37.6 Å². The van der Waals surface area contributed by atoms with Gasteiger partial charge in [-0.05, 0) is 60.3 Å². The standard InChI is InChI=1S/C33H49NO8/c1-22(2)26(17-25-13-14-30(40-6)31(18-25)41-16-10-15-39-5)19-28(29(35)20-27(23(3)4)32(36)37)34-33(38)42-21-24-11-8-7-9-12-24/h7-9,11-14,18,22-23,26-29,35H,10,15-17,19-21H2,1-6H3,(H,34,38)(H,36,37)/t26-,27-,28-,29-/m0/s1. The summed E-state index contributed by atoms with van der Waals surface area (Å²) in [7, 11) is 3.25. The molecule has 0 radical (unpaired) electrons. The Balaban J connectivity index is 2.22. The lowest BCUT2D eigenvalue weighted by atomic mass is 9.80. The molecular formula is C33H49NO8. The van der Waals surface area contributed by atoms with Crippen molar-refractivity contribution in [3.8, 4) is 11.5 Å². The predicted molar refractivity (Wildman–Crippen MR) is 162 cm³/mol. The molecule has 0 aliphatic heterocycles. The molecule has 0 aliphatic carbocycles. The number of carbonyl (C=O) groups is 2. The average molecular weight is 588 g/mol. The number of aliphatic carboxylic acids is 1. The number of hydrogen-bond acceptors (Lipinski definition) is 7. The predicted octanol–water partition coefficient (Wildman–Crippen LogP) is 5.72. The van der Waals surface area contributed by atoms with Crippen molar-refractivity contribution in [1.82, 2.24) is 5.32 Å². The first kappa shape index (κ1) is 34.9. The number of rotatable bonds is 19. The third kappa shape index (κ3) is 11.9. The molecule has 0 unspecified atom stereocenters. The second kappa shape index (κ2) is 18.3. The summed E-state index contributed by atoms with van der Waals surface area (Å²) in [5.41, 5.74) is 1.87. The highest BCUT2D eigenvalue weighted by molar-refractivity contribution is 5.70. The fraction of sp³-hybridized carbons (Fsp3) is 0.576. The van der Waals surface area contributed by atoms with Crippen LogP contribution in [0.2, 0.25) is 0 Å². The molecule has 2 rings (SSSR count). The van der Waals surface area contributed by atoms with Gasteiger partial charge in [-0.2, -0.15) is 0 Å². The molecule has 9 heteroatoms. The SMILES string of the molecule is COCCCOc1cc(C[C@@H](C[C@H](NC(=O)OCc2ccccc2)[C@@H](O)C[C@H](C(=O)O)C(C)C)C(C)C)ccc1OC. The van der Waals surface area contributed by atoms with Gasteiger partial charge in [-0.15, -0.1) is 0 Å². The third-order valence-corrected chi connectivity index (χ3v) is 7.57. The summed E-state index contributed by atoms with van der Waals surface area (Å²) in [4.78, 5) is 24.8. The number of alkyl carbamates (subject to hydrolysis) is 1. The first-order valence-corrected chi connectivity index (χ1v) is 14.7. The number of benzene rings is 2. The van der Waals surface area contributed by atoms with E-state index in [4.69, 9.17) is 18.9 Å². The minimum atomic E-state index is -1.07. The molecule has 234 valence electrons. The molecule has 0 spiro atoms. The van der Waals surface area contributed by atoms with E-state index in [1.807, 2.05) is 62.4 Å². The van der Waals surface area contributed by atoms with E-state index in [1.54, 1.807) is 14.2 Å². The first-order valence-electron chi connectivity index (χ1n) is 14.7. The maximum atomic E-state index is 12.9. The number of carboxylic acid groups (broad SMARTS) is 1. The van der Waals surface area contributed by atoms with Crippen LogP contribution in [0, 0.1) is 23.7 Å². The smallest absolute Gasteiger partial charge is 0.407 e. The van der Waals surface area contributed by atoms with Crippen LogP contribution in [0.1, 0.15) is 58.1 Å². The van der Waals surface area contributed by atoms with Crippen LogP contribution in [0.25, 0.3) is 0 Å². The highest BCUT2D eigenvalue weighted by Crippen LogP contribution is 2.32. The fourth-order valence-electron chi connectivity index (χ4n) is 4.88. The number of aliphatic hydroxyl groups excluding tert-OH is 1. The zero-order chi connectivity index (χ0) is 31.1. The maximum absolute atomic E-state index is 12.9. The molecule has 4 atom stereocenters. The summed E-state index contributed by atoms with van der Waals surface area (Å²) < 4.78 is 22.0. The van der Waals surface area contributed by atoms with Crippen molar-refractivity contribution in [2.75, 3.05) is 27.4 Å². The van der Waals surface area contributed by atoms with Gasteiger partial charge in [0, 0.05) is 20.1 Å². The Morgan fingerprint density at radius 1 is 0.881 bits per heavy atom. The topological polar surface area (TPSA) is 124 Å². The number of hydrogen-bond donors (Lipinski definition) is 3. The van der Waals surface area contributed by atoms with Crippen molar-refractivity contribution < 1.29 is 38.7 Å². The average Bonchev–Trinajstić information content (AvgIpc) is 2.96. The van der Waals surface area contributed by atoms with E-state index < -0.39 is 30.1 Å². The van der Waals surface area contributed by atoms with E-state index >= 15 is 0 Å². The van der Waals surface area contributed by atoms with Gasteiger partial charge in [-0.25, -0.2) is 4.79 Å². The molecular weight excluding hydrogens is 538 g/mol. The van der Waals surface area contributed by atoms with Gasteiger partial charge in [0.05, 0.1) is 31.8 Å². The number of nitrogens with one attached hydrogen (secondary N) is 1. The molecule has 2 aromatic carbocycles. The highest BCUT2D eigenvalue weighted by atomic mass is 16.5. The lowest BCUT2D eigenvalue weighted by Gasteiger charge is -2.32. The zero-order valence-corrected chi connectivity index (χ0v) is 25.9. The first-order chi connectivity index (χ1) is 20.0. The van der Waals surface area contributed by atoms with Crippen molar-refractivity contribution in [1.29, 1.82) is 0 Å². The molecule has 0 saturated heterocycles. The van der Waals surface area contributed by atoms with Crippen LogP contribution in [0.5, 0.6) is 11.5 Å². The number of methoxy groups -OCH3 is 2. The Bertz CT molecular complexity index is 1070. The molecule has 0 bridgehead atoms. The van der Waals surface area contributed by atoms with Crippen LogP contribution in [0.15, 0.2) is 48.5 Å². The van der Waals surface area contributed by atoms with Crippen molar-refractivity contribution in [3.05, 3.63) is 59.7 Å². The lowest BCUT2D eigenvalue weighted by Crippen LogP contribution is -2.47. The van der Waals surface area contributed by atoms with Gasteiger partial charge in [0.1, 0.15) is 6.61 Å². The number of carbonyl (C=O) groups excluding carboxylic acids is 1. The van der Waals surface area contributed by atoms with E-state index in [1.165, 1.54) is 0 Å². The van der Waals surface area contributed by atoms with Crippen LogP contribution >= 0.6 is 0 Å². The van der Waals surface area contributed by atoms with Crippen LogP contribution in [-0.4, -0.2) is 61.9 Å². The van der Waals surface area contributed by atoms with Gasteiger partial charge in [0.25, 0.3) is 0 Å². The molecule has 0 heterocycles. The highest BCUT2D eigenvalue weighted by Gasteiger charge is 2.32. The van der Waals surface area contributed by atoms with Crippen molar-refractivity contribution in [2.24, 2.45) is 23.7 Å². The number of ether oxygens (including phenoxy) is 4. The molecule has 0 aliphatic rings. The normalized spacial score (nSPS) is 14.2. The summed E-state index contributed by atoms with van der Waals surface area (Å²) in [6.07, 6.45) is 0.126. The summed E-state index contributed by atoms with van der Waals surface area (Å²) >= 11 is 0. The second-order valence-corrected chi connectivity index (χ2v) is 11.4. The third-order valence-electron chi connectivity index (χ3n) is 7.57. The largest absolute Gasteiger partial charge is 0.493 e. The van der Waals surface area contributed by atoms with Gasteiger partial charge < -0.3 is 34.5 Å². The van der Waals surface area contributed by atoms with E-state index in [2.05, 4.69) is 19.2 Å². The van der Waals surface area contributed by atoms with E-state index in [-0.39, 0.29) is 30.8 Å². The summed E-state index contributed by atoms with van der Waals surface area (Å²) in [6, 6.07) is 14.5. The number of amides is 1. The minimum absolute atomic E-state index is 0.0173. The number of carboxylic acids is 1. The van der Waals surface area contributed by atoms with Crippen molar-refractivity contribution >= 4 is 12.1 Å². The van der Waals surface area contributed by atoms with Crippen LogP contribution in [0.4, 0.5) is 4.79 Å². The van der Waals surface area contributed by atoms with Gasteiger partial charge in [-0.1, -0.05) is 64.1 Å². The van der Waals surface area contributed by atoms with Crippen LogP contribution in [0.3, 0.4) is 0 Å². The summed E-state index contributed by atoms with van der Waals surface area (Å²) in [6.45, 7) is 9.01. The number of aliphatic hydroxyl groups is 1. The Labute approximate surface area is 250 Å². The Morgan fingerprint density at radius 2 is 1.60 bits per heavy atom. The van der Waals surface area contributed by atoms with E-state index in [9.17, 15) is 19.8 Å². The monoisotopic (exact) mass is 587 g/mol. The second-order valence-electron chi connectivity index (χ2n) is 11.4. The molecule has 0 fully saturated rings. The quantitative estimate of drug-likeness (QED) is 0.178. The van der Waals surface area contributed by atoms with E-state index in [0.717, 1.165) is 17.5 Å².